The van der Waals surface area contributed by atoms with Crippen molar-refractivity contribution in [1.82, 2.24) is 9.78 Å². The average molecular weight is 236 g/mol. The van der Waals surface area contributed by atoms with Crippen molar-refractivity contribution in [1.29, 1.82) is 0 Å². The smallest absolute Gasteiger partial charge is 0.170 e. The molecule has 17 heavy (non-hydrogen) atoms. The number of carbonyl (C=O) groups is 1. The van der Waals surface area contributed by atoms with Crippen molar-refractivity contribution in [3.63, 3.8) is 0 Å². The summed E-state index contributed by atoms with van der Waals surface area (Å²) in [6.07, 6.45) is 7.34. The standard InChI is InChI=1S/C13H20N2O2/c1-15-9-6-11(14-15)10-12(16)13(17-2)7-4-3-5-8-13/h6,9H,3-5,7-8,10H2,1-2H3. The maximum Gasteiger partial charge on any atom is 0.170 e. The summed E-state index contributed by atoms with van der Waals surface area (Å²) in [5.74, 6) is 0.179. The monoisotopic (exact) mass is 236 g/mol. The lowest BCUT2D eigenvalue weighted by Crippen LogP contribution is -2.43. The van der Waals surface area contributed by atoms with Crippen molar-refractivity contribution in [3.8, 4) is 0 Å². The minimum absolute atomic E-state index is 0.179. The maximum absolute atomic E-state index is 12.4. The predicted octanol–water partition coefficient (Wildman–Crippen LogP) is 1.88. The van der Waals surface area contributed by atoms with E-state index in [1.54, 1.807) is 11.8 Å². The number of ketones is 1. The number of hydrogen-bond donors (Lipinski definition) is 0. The van der Waals surface area contributed by atoms with Crippen LogP contribution < -0.4 is 0 Å². The molecule has 0 N–H and O–H groups in total. The van der Waals surface area contributed by atoms with E-state index in [0.29, 0.717) is 6.42 Å². The van der Waals surface area contributed by atoms with Gasteiger partial charge in [0.2, 0.25) is 0 Å². The number of carbonyl (C=O) groups excluding carboxylic acids is 1. The van der Waals surface area contributed by atoms with Crippen LogP contribution in [0.2, 0.25) is 0 Å². The average Bonchev–Trinajstić information content (AvgIpc) is 2.75. The van der Waals surface area contributed by atoms with Gasteiger partial charge >= 0.3 is 0 Å². The zero-order valence-electron chi connectivity index (χ0n) is 10.6. The molecule has 1 aromatic rings. The van der Waals surface area contributed by atoms with E-state index in [-0.39, 0.29) is 5.78 Å². The molecular formula is C13H20N2O2. The number of methoxy groups -OCH3 is 1. The van der Waals surface area contributed by atoms with Crippen LogP contribution in [0, 0.1) is 0 Å². The Morgan fingerprint density at radius 3 is 2.71 bits per heavy atom. The molecule has 0 aromatic carbocycles. The Hall–Kier alpha value is -1.16. The predicted molar refractivity (Wildman–Crippen MR) is 64.7 cm³/mol. The Balaban J connectivity index is 2.07. The molecule has 1 saturated carbocycles. The van der Waals surface area contributed by atoms with Crippen molar-refractivity contribution in [3.05, 3.63) is 18.0 Å². The molecule has 0 unspecified atom stereocenters. The van der Waals surface area contributed by atoms with Crippen LogP contribution in [-0.4, -0.2) is 28.3 Å². The first-order valence-corrected chi connectivity index (χ1v) is 6.23. The van der Waals surface area contributed by atoms with Gasteiger partial charge in [0.05, 0.1) is 12.1 Å². The number of ether oxygens (including phenoxy) is 1. The highest BCUT2D eigenvalue weighted by Gasteiger charge is 2.39. The first-order chi connectivity index (χ1) is 8.16. The van der Waals surface area contributed by atoms with Gasteiger partial charge in [-0.25, -0.2) is 0 Å². The highest BCUT2D eigenvalue weighted by molar-refractivity contribution is 5.89. The van der Waals surface area contributed by atoms with Crippen molar-refractivity contribution in [2.24, 2.45) is 7.05 Å². The second kappa shape index (κ2) is 5.00. The van der Waals surface area contributed by atoms with Gasteiger partial charge in [-0.2, -0.15) is 5.10 Å². The fourth-order valence-corrected chi connectivity index (χ4v) is 2.60. The Morgan fingerprint density at radius 2 is 2.18 bits per heavy atom. The second-order valence-electron chi connectivity index (χ2n) is 4.84. The molecule has 0 radical (unpaired) electrons. The summed E-state index contributed by atoms with van der Waals surface area (Å²) in [5, 5.41) is 4.25. The van der Waals surface area contributed by atoms with E-state index in [4.69, 9.17) is 4.74 Å². The molecule has 94 valence electrons. The molecule has 0 bridgehead atoms. The molecule has 1 aliphatic carbocycles. The van der Waals surface area contributed by atoms with E-state index in [1.165, 1.54) is 6.42 Å². The minimum Gasteiger partial charge on any atom is -0.370 e. The van der Waals surface area contributed by atoms with E-state index in [0.717, 1.165) is 31.4 Å². The number of rotatable bonds is 4. The highest BCUT2D eigenvalue weighted by Crippen LogP contribution is 2.32. The van der Waals surface area contributed by atoms with Crippen molar-refractivity contribution < 1.29 is 9.53 Å². The van der Waals surface area contributed by atoms with Gasteiger partial charge in [-0.15, -0.1) is 0 Å². The van der Waals surface area contributed by atoms with Crippen molar-refractivity contribution >= 4 is 5.78 Å². The normalized spacial score (nSPS) is 19.2. The summed E-state index contributed by atoms with van der Waals surface area (Å²) >= 11 is 0. The Morgan fingerprint density at radius 1 is 1.47 bits per heavy atom. The quantitative estimate of drug-likeness (QED) is 0.801. The largest absolute Gasteiger partial charge is 0.370 e. The molecule has 0 atom stereocenters. The molecular weight excluding hydrogens is 216 g/mol. The van der Waals surface area contributed by atoms with Gasteiger partial charge in [0.1, 0.15) is 5.60 Å². The third-order valence-electron chi connectivity index (χ3n) is 3.67. The fraction of sp³-hybridized carbons (Fsp3) is 0.692. The van der Waals surface area contributed by atoms with Gasteiger partial charge in [-0.05, 0) is 18.9 Å². The van der Waals surface area contributed by atoms with Crippen LogP contribution in [-0.2, 0) is 23.0 Å². The Kier molecular flexibility index (Phi) is 3.62. The minimum atomic E-state index is -0.546. The third-order valence-corrected chi connectivity index (χ3v) is 3.67. The van der Waals surface area contributed by atoms with E-state index >= 15 is 0 Å². The third kappa shape index (κ3) is 2.57. The highest BCUT2D eigenvalue weighted by atomic mass is 16.5. The van der Waals surface area contributed by atoms with Gasteiger partial charge in [-0.3, -0.25) is 9.48 Å². The lowest BCUT2D eigenvalue weighted by molar-refractivity contribution is -0.144. The van der Waals surface area contributed by atoms with Crippen molar-refractivity contribution in [2.45, 2.75) is 44.1 Å². The van der Waals surface area contributed by atoms with Crippen molar-refractivity contribution in [2.75, 3.05) is 7.11 Å². The molecule has 1 aliphatic rings. The lowest BCUT2D eigenvalue weighted by atomic mass is 9.80. The SMILES string of the molecule is COC1(C(=O)Cc2ccn(C)n2)CCCCC1. The molecule has 0 aliphatic heterocycles. The summed E-state index contributed by atoms with van der Waals surface area (Å²) in [6.45, 7) is 0. The second-order valence-corrected chi connectivity index (χ2v) is 4.84. The van der Waals surface area contributed by atoms with E-state index < -0.39 is 5.60 Å². The van der Waals surface area contributed by atoms with E-state index in [9.17, 15) is 4.79 Å². The number of Topliss-reactive ketones (excluding diaryl/α,β-unsaturated/α-hetero) is 1. The van der Waals surface area contributed by atoms with Gasteiger partial charge in [0.15, 0.2) is 5.78 Å². The first-order valence-electron chi connectivity index (χ1n) is 6.23. The van der Waals surface area contributed by atoms with Crippen LogP contribution in [0.15, 0.2) is 12.3 Å². The van der Waals surface area contributed by atoms with Crippen LogP contribution in [0.25, 0.3) is 0 Å². The van der Waals surface area contributed by atoms with Gasteiger partial charge < -0.3 is 4.74 Å². The Bertz CT molecular complexity index is 392. The fourth-order valence-electron chi connectivity index (χ4n) is 2.60. The summed E-state index contributed by atoms with van der Waals surface area (Å²) in [6, 6.07) is 1.89. The van der Waals surface area contributed by atoms with Gasteiger partial charge in [0, 0.05) is 20.4 Å². The molecule has 0 amide bonds. The molecule has 4 heteroatoms. The van der Waals surface area contributed by atoms with Gasteiger partial charge in [-0.1, -0.05) is 19.3 Å². The topological polar surface area (TPSA) is 44.1 Å². The van der Waals surface area contributed by atoms with Crippen LogP contribution in [0.5, 0.6) is 0 Å². The van der Waals surface area contributed by atoms with Crippen LogP contribution in [0.1, 0.15) is 37.8 Å². The maximum atomic E-state index is 12.4. The number of aryl methyl sites for hydroxylation is 1. The summed E-state index contributed by atoms with van der Waals surface area (Å²) in [4.78, 5) is 12.4. The summed E-state index contributed by atoms with van der Waals surface area (Å²) < 4.78 is 7.26. The lowest BCUT2D eigenvalue weighted by Gasteiger charge is -2.34. The molecule has 0 spiro atoms. The molecule has 1 aromatic heterocycles. The zero-order chi connectivity index (χ0) is 12.3. The molecule has 4 nitrogen and oxygen atoms in total. The van der Waals surface area contributed by atoms with E-state index in [2.05, 4.69) is 5.10 Å². The van der Waals surface area contributed by atoms with Crippen LogP contribution >= 0.6 is 0 Å². The van der Waals surface area contributed by atoms with Crippen LogP contribution in [0.3, 0.4) is 0 Å². The molecule has 1 heterocycles. The number of aromatic nitrogens is 2. The molecule has 2 rings (SSSR count). The molecule has 0 saturated heterocycles. The van der Waals surface area contributed by atoms with E-state index in [1.807, 2.05) is 19.3 Å². The number of nitrogens with zero attached hydrogens (tertiary/aromatic N) is 2. The summed E-state index contributed by atoms with van der Waals surface area (Å²) in [7, 11) is 3.52. The zero-order valence-corrected chi connectivity index (χ0v) is 10.6. The summed E-state index contributed by atoms with van der Waals surface area (Å²) in [5.41, 5.74) is 0.287. The van der Waals surface area contributed by atoms with Crippen LogP contribution in [0.4, 0.5) is 0 Å². The molecule has 1 fully saturated rings. The number of hydrogen-bond acceptors (Lipinski definition) is 3. The van der Waals surface area contributed by atoms with Gasteiger partial charge in [0.25, 0.3) is 0 Å². The Labute approximate surface area is 102 Å². The first kappa shape index (κ1) is 12.3.